The number of hydrogen-bond donors (Lipinski definition) is 0. The summed E-state index contributed by atoms with van der Waals surface area (Å²) in [6.45, 7) is 6.13. The lowest BCUT2D eigenvalue weighted by Gasteiger charge is -2.33. The van der Waals surface area contributed by atoms with Gasteiger partial charge in [-0.25, -0.2) is 14.6 Å². The van der Waals surface area contributed by atoms with E-state index in [1.165, 1.54) is 0 Å². The highest BCUT2D eigenvalue weighted by Gasteiger charge is 2.26. The van der Waals surface area contributed by atoms with E-state index in [4.69, 9.17) is 0 Å². The molecule has 0 spiro atoms. The van der Waals surface area contributed by atoms with Crippen LogP contribution in [-0.2, 0) is 11.3 Å². The smallest absolute Gasteiger partial charge is 0.224 e. The zero-order chi connectivity index (χ0) is 15.5. The number of imidazole rings is 1. The van der Waals surface area contributed by atoms with E-state index in [0.717, 1.165) is 37.6 Å². The van der Waals surface area contributed by atoms with Crippen LogP contribution in [-0.4, -0.2) is 48.2 Å². The van der Waals surface area contributed by atoms with E-state index in [1.807, 2.05) is 34.2 Å². The fraction of sp³-hybridized carbons (Fsp3) is 0.600. The zero-order valence-corrected chi connectivity index (χ0v) is 13.1. The van der Waals surface area contributed by atoms with Crippen molar-refractivity contribution < 1.29 is 4.79 Å². The Bertz CT molecular complexity index is 633. The number of carbonyl (C=O) groups is 1. The number of aromatic nitrogens is 5. The van der Waals surface area contributed by atoms with E-state index in [2.05, 4.69) is 15.1 Å². The molecule has 0 unspecified atom stereocenters. The molecule has 118 valence electrons. The minimum absolute atomic E-state index is 0.202. The fourth-order valence-electron chi connectivity index (χ4n) is 3.06. The number of rotatable bonds is 4. The molecule has 1 aliphatic rings. The van der Waals surface area contributed by atoms with Gasteiger partial charge in [0.05, 0.1) is 12.4 Å². The van der Waals surface area contributed by atoms with Crippen molar-refractivity contribution in [2.24, 2.45) is 0 Å². The van der Waals surface area contributed by atoms with E-state index < -0.39 is 0 Å². The van der Waals surface area contributed by atoms with Crippen LogP contribution in [0.1, 0.15) is 37.0 Å². The molecule has 0 aromatic carbocycles. The number of piperidine rings is 1. The van der Waals surface area contributed by atoms with Gasteiger partial charge in [0, 0.05) is 38.4 Å². The molecule has 0 saturated carbocycles. The van der Waals surface area contributed by atoms with Crippen LogP contribution in [0.3, 0.4) is 0 Å². The van der Waals surface area contributed by atoms with Crippen LogP contribution in [0.15, 0.2) is 18.7 Å². The van der Waals surface area contributed by atoms with Crippen molar-refractivity contribution in [3.05, 3.63) is 30.4 Å². The molecule has 0 N–H and O–H groups in total. The van der Waals surface area contributed by atoms with E-state index in [1.54, 1.807) is 12.5 Å². The first-order valence-electron chi connectivity index (χ1n) is 7.77. The summed E-state index contributed by atoms with van der Waals surface area (Å²) in [6, 6.07) is 0.243. The summed E-state index contributed by atoms with van der Waals surface area (Å²) in [7, 11) is 0. The molecule has 2 aromatic rings. The second kappa shape index (κ2) is 6.29. The molecular formula is C15H22N6O. The number of carbonyl (C=O) groups excluding carboxylic acids is 1. The van der Waals surface area contributed by atoms with Crippen LogP contribution < -0.4 is 0 Å². The largest absolute Gasteiger partial charge is 0.340 e. The lowest BCUT2D eigenvalue weighted by molar-refractivity contribution is -0.133. The van der Waals surface area contributed by atoms with Crippen molar-refractivity contribution in [3.63, 3.8) is 0 Å². The first-order chi connectivity index (χ1) is 10.6. The minimum Gasteiger partial charge on any atom is -0.340 e. The van der Waals surface area contributed by atoms with Crippen molar-refractivity contribution in [1.29, 1.82) is 0 Å². The lowest BCUT2D eigenvalue weighted by atomic mass is 10.1. The molecular weight excluding hydrogens is 280 g/mol. The van der Waals surface area contributed by atoms with Crippen molar-refractivity contribution in [2.45, 2.75) is 45.7 Å². The molecule has 22 heavy (non-hydrogen) atoms. The van der Waals surface area contributed by atoms with Crippen LogP contribution in [0.4, 0.5) is 0 Å². The third-order valence-corrected chi connectivity index (χ3v) is 4.15. The first kappa shape index (κ1) is 14.7. The highest BCUT2D eigenvalue weighted by molar-refractivity contribution is 5.76. The summed E-state index contributed by atoms with van der Waals surface area (Å²) in [5.41, 5.74) is 0. The van der Waals surface area contributed by atoms with E-state index in [9.17, 15) is 4.79 Å². The van der Waals surface area contributed by atoms with Crippen LogP contribution in [0.2, 0.25) is 0 Å². The van der Waals surface area contributed by atoms with Gasteiger partial charge < -0.3 is 9.47 Å². The van der Waals surface area contributed by atoms with Crippen molar-refractivity contribution in [1.82, 2.24) is 29.2 Å². The molecule has 1 atom stereocenters. The molecule has 1 aliphatic heterocycles. The van der Waals surface area contributed by atoms with Crippen LogP contribution in [0, 0.1) is 13.8 Å². The number of nitrogens with zero attached hydrogens (tertiary/aromatic N) is 6. The molecule has 0 radical (unpaired) electrons. The Morgan fingerprint density at radius 1 is 1.41 bits per heavy atom. The molecule has 1 fully saturated rings. The second-order valence-electron chi connectivity index (χ2n) is 5.84. The highest BCUT2D eigenvalue weighted by atomic mass is 16.2. The highest BCUT2D eigenvalue weighted by Crippen LogP contribution is 2.22. The monoisotopic (exact) mass is 302 g/mol. The summed E-state index contributed by atoms with van der Waals surface area (Å²) in [6.07, 6.45) is 7.94. The Labute approximate surface area is 130 Å². The summed E-state index contributed by atoms with van der Waals surface area (Å²) >= 11 is 0. The van der Waals surface area contributed by atoms with Crippen molar-refractivity contribution in [2.75, 3.05) is 13.1 Å². The number of aryl methyl sites for hydroxylation is 3. The quantitative estimate of drug-likeness (QED) is 0.855. The Morgan fingerprint density at radius 3 is 2.95 bits per heavy atom. The molecule has 7 heteroatoms. The molecule has 3 rings (SSSR count). The third kappa shape index (κ3) is 3.18. The molecule has 0 bridgehead atoms. The van der Waals surface area contributed by atoms with Crippen LogP contribution in [0.25, 0.3) is 0 Å². The summed E-state index contributed by atoms with van der Waals surface area (Å²) in [5.74, 6) is 1.92. The second-order valence-corrected chi connectivity index (χ2v) is 5.84. The van der Waals surface area contributed by atoms with E-state index in [-0.39, 0.29) is 11.9 Å². The number of hydrogen-bond acceptors (Lipinski definition) is 4. The maximum absolute atomic E-state index is 12.4. The number of likely N-dealkylation sites (tertiary alicyclic amines) is 1. The average Bonchev–Trinajstić information content (AvgIpc) is 3.14. The van der Waals surface area contributed by atoms with Gasteiger partial charge in [-0.15, -0.1) is 0 Å². The normalized spacial score (nSPS) is 18.6. The SMILES string of the molecule is Cc1nc(C)n([C@@H]2CCCN(C(=O)CCn3ccnc3)C2)n1. The average molecular weight is 302 g/mol. The minimum atomic E-state index is 0.202. The van der Waals surface area contributed by atoms with Gasteiger partial charge in [0.1, 0.15) is 11.6 Å². The van der Waals surface area contributed by atoms with Gasteiger partial charge in [0.25, 0.3) is 0 Å². The Morgan fingerprint density at radius 2 is 2.27 bits per heavy atom. The van der Waals surface area contributed by atoms with Gasteiger partial charge in [-0.05, 0) is 26.7 Å². The Kier molecular flexibility index (Phi) is 4.22. The summed E-state index contributed by atoms with van der Waals surface area (Å²) < 4.78 is 3.91. The topological polar surface area (TPSA) is 68.8 Å². The number of amides is 1. The van der Waals surface area contributed by atoms with Crippen molar-refractivity contribution in [3.8, 4) is 0 Å². The molecule has 1 saturated heterocycles. The van der Waals surface area contributed by atoms with Crippen LogP contribution in [0.5, 0.6) is 0 Å². The maximum atomic E-state index is 12.4. The zero-order valence-electron chi connectivity index (χ0n) is 13.1. The Balaban J connectivity index is 1.60. The van der Waals surface area contributed by atoms with Gasteiger partial charge in [-0.1, -0.05) is 0 Å². The predicted octanol–water partition coefficient (Wildman–Crippen LogP) is 1.35. The van der Waals surface area contributed by atoms with Gasteiger partial charge in [0.15, 0.2) is 0 Å². The third-order valence-electron chi connectivity index (χ3n) is 4.15. The molecule has 7 nitrogen and oxygen atoms in total. The summed E-state index contributed by atoms with van der Waals surface area (Å²) in [4.78, 5) is 22.7. The standard InChI is InChI=1S/C15H22N6O/c1-12-17-13(2)21(18-12)14-4-3-7-20(10-14)15(22)5-8-19-9-6-16-11-19/h6,9,11,14H,3-5,7-8,10H2,1-2H3/t14-/m1/s1. The summed E-state index contributed by atoms with van der Waals surface area (Å²) in [5, 5.41) is 4.47. The van der Waals surface area contributed by atoms with Crippen LogP contribution >= 0.6 is 0 Å². The predicted molar refractivity (Wildman–Crippen MR) is 81.2 cm³/mol. The maximum Gasteiger partial charge on any atom is 0.224 e. The molecule has 1 amide bonds. The lowest BCUT2D eigenvalue weighted by Crippen LogP contribution is -2.41. The van der Waals surface area contributed by atoms with E-state index in [0.29, 0.717) is 13.0 Å². The van der Waals surface area contributed by atoms with Gasteiger partial charge in [0.2, 0.25) is 5.91 Å². The first-order valence-corrected chi connectivity index (χ1v) is 7.77. The van der Waals surface area contributed by atoms with Gasteiger partial charge in [-0.3, -0.25) is 4.79 Å². The molecule has 2 aromatic heterocycles. The van der Waals surface area contributed by atoms with Crippen molar-refractivity contribution >= 4 is 5.91 Å². The van der Waals surface area contributed by atoms with E-state index >= 15 is 0 Å². The molecule has 0 aliphatic carbocycles. The fourth-order valence-corrected chi connectivity index (χ4v) is 3.06. The Hall–Kier alpha value is -2.18. The van der Waals surface area contributed by atoms with Gasteiger partial charge in [-0.2, -0.15) is 5.10 Å². The van der Waals surface area contributed by atoms with Gasteiger partial charge >= 0.3 is 0 Å². The molecule has 3 heterocycles.